The van der Waals surface area contributed by atoms with Crippen molar-refractivity contribution in [1.82, 2.24) is 5.32 Å². The highest BCUT2D eigenvalue weighted by Crippen LogP contribution is 2.27. The molecule has 0 aliphatic heterocycles. The Kier molecular flexibility index (Phi) is 6.62. The van der Waals surface area contributed by atoms with E-state index in [4.69, 9.17) is 5.11 Å². The molecule has 128 valence electrons. The van der Waals surface area contributed by atoms with E-state index in [0.29, 0.717) is 13.0 Å². The van der Waals surface area contributed by atoms with Crippen molar-refractivity contribution in [1.29, 1.82) is 0 Å². The maximum atomic E-state index is 12.3. The maximum absolute atomic E-state index is 12.3. The van der Waals surface area contributed by atoms with Gasteiger partial charge >= 0.3 is 6.36 Å². The van der Waals surface area contributed by atoms with E-state index in [1.165, 1.54) is 24.3 Å². The molecule has 0 unspecified atom stereocenters. The maximum Gasteiger partial charge on any atom is 0.573 e. The lowest BCUT2D eigenvalue weighted by molar-refractivity contribution is -0.274. The monoisotopic (exact) mass is 331 g/mol. The number of ether oxygens (including phenoxy) is 1. The normalized spacial score (nSPS) is 12.4. The summed E-state index contributed by atoms with van der Waals surface area (Å²) in [4.78, 5) is 11.7. The summed E-state index contributed by atoms with van der Waals surface area (Å²) in [6.07, 6.45) is -1.86. The molecule has 0 saturated carbocycles. The first kappa shape index (κ1) is 19.0. The van der Waals surface area contributed by atoms with Crippen LogP contribution in [0.25, 0.3) is 6.08 Å². The van der Waals surface area contributed by atoms with Gasteiger partial charge in [-0.2, -0.15) is 0 Å². The Balaban J connectivity index is 2.69. The molecule has 0 bridgehead atoms. The van der Waals surface area contributed by atoms with Gasteiger partial charge < -0.3 is 15.2 Å². The van der Waals surface area contributed by atoms with E-state index in [0.717, 1.165) is 6.08 Å². The molecule has 0 atom stereocenters. The average molecular weight is 331 g/mol. The number of hydrogen-bond donors (Lipinski definition) is 2. The molecule has 1 rings (SSSR count). The molecule has 0 aliphatic rings. The molecule has 0 spiro atoms. The zero-order valence-electron chi connectivity index (χ0n) is 13.0. The number of para-hydroxylation sites is 1. The Hall–Kier alpha value is -2.02. The molecule has 4 nitrogen and oxygen atoms in total. The fraction of sp³-hybridized carbons (Fsp3) is 0.438. The summed E-state index contributed by atoms with van der Waals surface area (Å²) in [7, 11) is 0. The van der Waals surface area contributed by atoms with E-state index in [-0.39, 0.29) is 23.3 Å². The van der Waals surface area contributed by atoms with Gasteiger partial charge in [-0.15, -0.1) is 13.2 Å². The number of amides is 1. The second-order valence-corrected chi connectivity index (χ2v) is 5.77. The fourth-order valence-corrected chi connectivity index (χ4v) is 1.78. The molecule has 23 heavy (non-hydrogen) atoms. The van der Waals surface area contributed by atoms with Crippen molar-refractivity contribution in [3.05, 3.63) is 35.9 Å². The van der Waals surface area contributed by atoms with Crippen LogP contribution in [0, 0.1) is 5.41 Å². The first-order chi connectivity index (χ1) is 10.6. The van der Waals surface area contributed by atoms with E-state index in [9.17, 15) is 18.0 Å². The first-order valence-corrected chi connectivity index (χ1v) is 7.04. The van der Waals surface area contributed by atoms with Crippen molar-refractivity contribution in [2.75, 3.05) is 13.2 Å². The Morgan fingerprint density at radius 1 is 1.30 bits per heavy atom. The zero-order valence-corrected chi connectivity index (χ0v) is 13.0. The van der Waals surface area contributed by atoms with Gasteiger partial charge in [-0.25, -0.2) is 0 Å². The quantitative estimate of drug-likeness (QED) is 0.755. The van der Waals surface area contributed by atoms with Crippen molar-refractivity contribution < 1.29 is 27.8 Å². The van der Waals surface area contributed by atoms with Crippen LogP contribution < -0.4 is 10.1 Å². The Labute approximate surface area is 133 Å². The van der Waals surface area contributed by atoms with Gasteiger partial charge in [0.2, 0.25) is 5.91 Å². The van der Waals surface area contributed by atoms with Crippen LogP contribution in [-0.2, 0) is 4.79 Å². The molecular formula is C16H20F3NO3. The summed E-state index contributed by atoms with van der Waals surface area (Å²) in [6, 6.07) is 5.55. The molecule has 0 aromatic heterocycles. The van der Waals surface area contributed by atoms with Crippen LogP contribution in [0.4, 0.5) is 13.2 Å². The molecule has 1 amide bonds. The smallest absolute Gasteiger partial charge is 0.405 e. The molecular weight excluding hydrogens is 311 g/mol. The predicted octanol–water partition coefficient (Wildman–Crippen LogP) is 3.12. The highest BCUT2D eigenvalue weighted by Gasteiger charge is 2.31. The van der Waals surface area contributed by atoms with Gasteiger partial charge in [-0.05, 0) is 24.0 Å². The summed E-state index contributed by atoms with van der Waals surface area (Å²) in [5.74, 6) is -0.803. The van der Waals surface area contributed by atoms with Gasteiger partial charge in [0, 0.05) is 24.8 Å². The third-order valence-electron chi connectivity index (χ3n) is 3.09. The number of carbonyl (C=O) groups excluding carboxylic acids is 1. The SMILES string of the molecule is CC(C)(CCO)CNC(=O)/C=C/c1ccccc1OC(F)(F)F. The van der Waals surface area contributed by atoms with Gasteiger partial charge in [0.25, 0.3) is 0 Å². The molecule has 1 aromatic carbocycles. The van der Waals surface area contributed by atoms with Gasteiger partial charge in [0.15, 0.2) is 0 Å². The standard InChI is InChI=1S/C16H20F3NO3/c1-15(2,9-10-21)11-20-14(22)8-7-12-5-3-4-6-13(12)23-16(17,18)19/h3-8,21H,9-11H2,1-2H3,(H,20,22)/b8-7+. The predicted molar refractivity (Wildman–Crippen MR) is 80.7 cm³/mol. The molecule has 0 fully saturated rings. The number of carbonyl (C=O) groups is 1. The highest BCUT2D eigenvalue weighted by molar-refractivity contribution is 5.92. The van der Waals surface area contributed by atoms with E-state index in [1.54, 1.807) is 6.07 Å². The lowest BCUT2D eigenvalue weighted by atomic mass is 9.90. The summed E-state index contributed by atoms with van der Waals surface area (Å²) >= 11 is 0. The number of alkyl halides is 3. The minimum Gasteiger partial charge on any atom is -0.405 e. The lowest BCUT2D eigenvalue weighted by Gasteiger charge is -2.23. The molecule has 0 aliphatic carbocycles. The average Bonchev–Trinajstić information content (AvgIpc) is 2.42. The highest BCUT2D eigenvalue weighted by atomic mass is 19.4. The fourth-order valence-electron chi connectivity index (χ4n) is 1.78. The van der Waals surface area contributed by atoms with Gasteiger partial charge in [-0.3, -0.25) is 4.79 Å². The number of aliphatic hydroxyl groups excluding tert-OH is 1. The van der Waals surface area contributed by atoms with E-state index in [2.05, 4.69) is 10.1 Å². The van der Waals surface area contributed by atoms with Gasteiger partial charge in [0.1, 0.15) is 5.75 Å². The van der Waals surface area contributed by atoms with Crippen molar-refractivity contribution in [2.24, 2.45) is 5.41 Å². The van der Waals surface area contributed by atoms with E-state index in [1.807, 2.05) is 13.8 Å². The number of halogens is 3. The topological polar surface area (TPSA) is 58.6 Å². The molecule has 0 radical (unpaired) electrons. The van der Waals surface area contributed by atoms with Crippen LogP contribution in [0.15, 0.2) is 30.3 Å². The van der Waals surface area contributed by atoms with Gasteiger partial charge in [0.05, 0.1) is 0 Å². The van der Waals surface area contributed by atoms with Crippen LogP contribution in [-0.4, -0.2) is 30.5 Å². The Morgan fingerprint density at radius 2 is 1.96 bits per heavy atom. The zero-order chi connectivity index (χ0) is 17.5. The first-order valence-electron chi connectivity index (χ1n) is 7.04. The molecule has 1 aromatic rings. The lowest BCUT2D eigenvalue weighted by Crippen LogP contribution is -2.33. The van der Waals surface area contributed by atoms with Crippen molar-refractivity contribution in [3.63, 3.8) is 0 Å². The van der Waals surface area contributed by atoms with Crippen LogP contribution in [0.1, 0.15) is 25.8 Å². The summed E-state index contributed by atoms with van der Waals surface area (Å²) in [5.41, 5.74) is -0.121. The number of nitrogens with one attached hydrogen (secondary N) is 1. The van der Waals surface area contributed by atoms with Crippen LogP contribution in [0.3, 0.4) is 0 Å². The minimum absolute atomic E-state index is 0.0147. The second kappa shape index (κ2) is 8.01. The summed E-state index contributed by atoms with van der Waals surface area (Å²) in [5, 5.41) is 11.6. The number of benzene rings is 1. The van der Waals surface area contributed by atoms with Crippen LogP contribution >= 0.6 is 0 Å². The molecule has 2 N–H and O–H groups in total. The molecule has 0 saturated heterocycles. The van der Waals surface area contributed by atoms with E-state index >= 15 is 0 Å². The Bertz CT molecular complexity index is 554. The number of aliphatic hydroxyl groups is 1. The second-order valence-electron chi connectivity index (χ2n) is 5.77. The van der Waals surface area contributed by atoms with Crippen LogP contribution in [0.5, 0.6) is 5.75 Å². The van der Waals surface area contributed by atoms with Crippen LogP contribution in [0.2, 0.25) is 0 Å². The molecule has 7 heteroatoms. The van der Waals surface area contributed by atoms with Crippen molar-refractivity contribution >= 4 is 12.0 Å². The molecule has 0 heterocycles. The summed E-state index contributed by atoms with van der Waals surface area (Å²) in [6.45, 7) is 4.14. The minimum atomic E-state index is -4.79. The Morgan fingerprint density at radius 3 is 2.57 bits per heavy atom. The number of rotatable bonds is 7. The summed E-state index contributed by atoms with van der Waals surface area (Å²) < 4.78 is 40.8. The van der Waals surface area contributed by atoms with Crippen molar-refractivity contribution in [3.8, 4) is 5.75 Å². The number of hydrogen-bond acceptors (Lipinski definition) is 3. The third kappa shape index (κ3) is 7.69. The third-order valence-corrected chi connectivity index (χ3v) is 3.09. The van der Waals surface area contributed by atoms with Crippen molar-refractivity contribution in [2.45, 2.75) is 26.6 Å². The largest absolute Gasteiger partial charge is 0.573 e. The van der Waals surface area contributed by atoms with Gasteiger partial charge in [-0.1, -0.05) is 32.0 Å². The van der Waals surface area contributed by atoms with E-state index < -0.39 is 12.3 Å².